The summed E-state index contributed by atoms with van der Waals surface area (Å²) in [6.07, 6.45) is 5.39. The molecular formula is C27H29N5O. The molecule has 5 rings (SSSR count). The summed E-state index contributed by atoms with van der Waals surface area (Å²) < 4.78 is 1.77. The minimum absolute atomic E-state index is 0.133. The third kappa shape index (κ3) is 4.52. The average Bonchev–Trinajstić information content (AvgIpc) is 3.30. The first-order valence-corrected chi connectivity index (χ1v) is 11.7. The normalized spacial score (nSPS) is 16.7. The Morgan fingerprint density at radius 3 is 2.48 bits per heavy atom. The second kappa shape index (κ2) is 9.55. The van der Waals surface area contributed by atoms with Crippen LogP contribution in [0.2, 0.25) is 0 Å². The summed E-state index contributed by atoms with van der Waals surface area (Å²) in [5.41, 5.74) is 4.81. The quantitative estimate of drug-likeness (QED) is 0.474. The lowest BCUT2D eigenvalue weighted by atomic mass is 10.0. The molecule has 1 aliphatic heterocycles. The maximum Gasteiger partial charge on any atom is 0.256 e. The second-order valence-electron chi connectivity index (χ2n) is 8.69. The van der Waals surface area contributed by atoms with Crippen molar-refractivity contribution in [2.24, 2.45) is 0 Å². The van der Waals surface area contributed by atoms with E-state index in [2.05, 4.69) is 22.2 Å². The highest BCUT2D eigenvalue weighted by atomic mass is 16.1. The fourth-order valence-electron chi connectivity index (χ4n) is 4.59. The van der Waals surface area contributed by atoms with E-state index in [9.17, 15) is 4.79 Å². The maximum absolute atomic E-state index is 13.1. The van der Waals surface area contributed by atoms with Crippen molar-refractivity contribution < 1.29 is 4.79 Å². The van der Waals surface area contributed by atoms with Gasteiger partial charge in [0.1, 0.15) is 5.56 Å². The number of hydrogen-bond donors (Lipinski definition) is 1. The lowest BCUT2D eigenvalue weighted by molar-refractivity contribution is 0.0940. The van der Waals surface area contributed by atoms with E-state index in [1.165, 1.54) is 19.3 Å². The molecule has 1 N–H and O–H groups in total. The first-order chi connectivity index (χ1) is 16.2. The number of benzene rings is 2. The number of nitrogens with one attached hydrogen (secondary N) is 1. The van der Waals surface area contributed by atoms with E-state index in [1.54, 1.807) is 10.7 Å². The largest absolute Gasteiger partial charge is 0.351 e. The molecule has 6 heteroatoms. The molecule has 1 aliphatic rings. The van der Waals surface area contributed by atoms with Crippen molar-refractivity contribution >= 4 is 11.6 Å². The number of rotatable bonds is 6. The summed E-state index contributed by atoms with van der Waals surface area (Å²) in [6.45, 7) is 4.86. The van der Waals surface area contributed by atoms with Crippen LogP contribution in [0.3, 0.4) is 0 Å². The van der Waals surface area contributed by atoms with Crippen LogP contribution in [0.25, 0.3) is 28.2 Å². The van der Waals surface area contributed by atoms with Crippen LogP contribution in [-0.2, 0) is 0 Å². The fourth-order valence-corrected chi connectivity index (χ4v) is 4.59. The summed E-state index contributed by atoms with van der Waals surface area (Å²) in [7, 11) is 0. The standard InChI is InChI=1S/C27H29N5O/c1-20-10-8-9-16-31(20)17-15-28-27(33)23-19-29-32-25(22-13-6-3-7-14-22)18-24(30-26(23)32)21-11-4-2-5-12-21/h2-7,11-14,18-20H,8-10,15-17H2,1H3,(H,28,33). The van der Waals surface area contributed by atoms with Gasteiger partial charge in [0.25, 0.3) is 5.91 Å². The summed E-state index contributed by atoms with van der Waals surface area (Å²) in [5.74, 6) is -0.133. The molecule has 6 nitrogen and oxygen atoms in total. The van der Waals surface area contributed by atoms with Gasteiger partial charge in [-0.1, -0.05) is 67.1 Å². The highest BCUT2D eigenvalue weighted by Crippen LogP contribution is 2.27. The Bertz CT molecular complexity index is 1240. The molecule has 0 aliphatic carbocycles. The van der Waals surface area contributed by atoms with Crippen LogP contribution in [0.4, 0.5) is 0 Å². The van der Waals surface area contributed by atoms with Crippen molar-refractivity contribution in [2.75, 3.05) is 19.6 Å². The molecule has 1 atom stereocenters. The van der Waals surface area contributed by atoms with Crippen LogP contribution in [-0.4, -0.2) is 51.1 Å². The van der Waals surface area contributed by atoms with Crippen LogP contribution in [0, 0.1) is 0 Å². The van der Waals surface area contributed by atoms with Gasteiger partial charge < -0.3 is 5.32 Å². The molecule has 1 amide bonds. The van der Waals surface area contributed by atoms with E-state index in [-0.39, 0.29) is 5.91 Å². The van der Waals surface area contributed by atoms with Gasteiger partial charge in [0.15, 0.2) is 5.65 Å². The van der Waals surface area contributed by atoms with E-state index in [4.69, 9.17) is 4.98 Å². The van der Waals surface area contributed by atoms with Gasteiger partial charge in [-0.05, 0) is 32.4 Å². The molecule has 0 saturated carbocycles. The van der Waals surface area contributed by atoms with Crippen molar-refractivity contribution in [3.05, 3.63) is 78.5 Å². The number of piperidine rings is 1. The van der Waals surface area contributed by atoms with Crippen LogP contribution < -0.4 is 5.32 Å². The predicted molar refractivity (Wildman–Crippen MR) is 131 cm³/mol. The van der Waals surface area contributed by atoms with Gasteiger partial charge >= 0.3 is 0 Å². The molecule has 1 unspecified atom stereocenters. The van der Waals surface area contributed by atoms with Crippen LogP contribution in [0.1, 0.15) is 36.5 Å². The molecule has 4 aromatic rings. The first kappa shape index (κ1) is 21.3. The van der Waals surface area contributed by atoms with Crippen LogP contribution in [0.15, 0.2) is 72.9 Å². The number of carbonyl (C=O) groups is 1. The number of likely N-dealkylation sites (tertiary alicyclic amines) is 1. The van der Waals surface area contributed by atoms with Crippen LogP contribution >= 0.6 is 0 Å². The minimum atomic E-state index is -0.133. The summed E-state index contributed by atoms with van der Waals surface area (Å²) in [6, 6.07) is 22.7. The van der Waals surface area contributed by atoms with E-state index in [0.717, 1.165) is 35.6 Å². The van der Waals surface area contributed by atoms with E-state index in [1.807, 2.05) is 66.7 Å². The molecule has 1 saturated heterocycles. The van der Waals surface area contributed by atoms with Crippen molar-refractivity contribution in [1.82, 2.24) is 24.8 Å². The number of nitrogens with zero attached hydrogens (tertiary/aromatic N) is 4. The summed E-state index contributed by atoms with van der Waals surface area (Å²) in [4.78, 5) is 20.4. The number of aromatic nitrogens is 3. The van der Waals surface area contributed by atoms with Crippen LogP contribution in [0.5, 0.6) is 0 Å². The summed E-state index contributed by atoms with van der Waals surface area (Å²) in [5, 5.41) is 7.63. The van der Waals surface area contributed by atoms with Gasteiger partial charge in [0, 0.05) is 30.3 Å². The van der Waals surface area contributed by atoms with E-state index in [0.29, 0.717) is 23.8 Å². The number of amides is 1. The molecule has 3 heterocycles. The highest BCUT2D eigenvalue weighted by Gasteiger charge is 2.20. The second-order valence-corrected chi connectivity index (χ2v) is 8.69. The monoisotopic (exact) mass is 439 g/mol. The Morgan fingerprint density at radius 1 is 1.03 bits per heavy atom. The first-order valence-electron chi connectivity index (χ1n) is 11.7. The lowest BCUT2D eigenvalue weighted by Crippen LogP contribution is -2.42. The van der Waals surface area contributed by atoms with Gasteiger partial charge in [-0.25, -0.2) is 9.50 Å². The molecular weight excluding hydrogens is 410 g/mol. The predicted octanol–water partition coefficient (Wildman–Crippen LogP) is 4.67. The molecule has 2 aromatic heterocycles. The Balaban J connectivity index is 1.46. The zero-order valence-electron chi connectivity index (χ0n) is 18.9. The number of hydrogen-bond acceptors (Lipinski definition) is 4. The van der Waals surface area contributed by atoms with Gasteiger partial charge in [-0.15, -0.1) is 0 Å². The average molecular weight is 440 g/mol. The Kier molecular flexibility index (Phi) is 6.17. The maximum atomic E-state index is 13.1. The SMILES string of the molecule is CC1CCCCN1CCNC(=O)c1cnn2c(-c3ccccc3)cc(-c3ccccc3)nc12. The topological polar surface area (TPSA) is 62.5 Å². The number of carbonyl (C=O) groups excluding carboxylic acids is 1. The van der Waals surface area contributed by atoms with Crippen molar-refractivity contribution in [2.45, 2.75) is 32.2 Å². The van der Waals surface area contributed by atoms with Gasteiger partial charge in [-0.3, -0.25) is 9.69 Å². The Labute approximate surface area is 194 Å². The molecule has 2 aromatic carbocycles. The fraction of sp³-hybridized carbons (Fsp3) is 0.296. The van der Waals surface area contributed by atoms with Crippen molar-refractivity contribution in [3.8, 4) is 22.5 Å². The van der Waals surface area contributed by atoms with E-state index >= 15 is 0 Å². The molecule has 0 bridgehead atoms. The van der Waals surface area contributed by atoms with Crippen molar-refractivity contribution in [3.63, 3.8) is 0 Å². The smallest absolute Gasteiger partial charge is 0.256 e. The third-order valence-electron chi connectivity index (χ3n) is 6.48. The lowest BCUT2D eigenvalue weighted by Gasteiger charge is -2.33. The summed E-state index contributed by atoms with van der Waals surface area (Å²) >= 11 is 0. The Hall–Kier alpha value is -3.51. The van der Waals surface area contributed by atoms with E-state index < -0.39 is 0 Å². The minimum Gasteiger partial charge on any atom is -0.351 e. The molecule has 0 spiro atoms. The van der Waals surface area contributed by atoms with Gasteiger partial charge in [-0.2, -0.15) is 5.10 Å². The Morgan fingerprint density at radius 2 is 1.76 bits per heavy atom. The zero-order chi connectivity index (χ0) is 22.6. The van der Waals surface area contributed by atoms with Gasteiger partial charge in [0.05, 0.1) is 17.6 Å². The number of fused-ring (bicyclic) bond motifs is 1. The highest BCUT2D eigenvalue weighted by molar-refractivity contribution is 6.00. The zero-order valence-corrected chi connectivity index (χ0v) is 18.9. The molecule has 1 fully saturated rings. The third-order valence-corrected chi connectivity index (χ3v) is 6.48. The van der Waals surface area contributed by atoms with Crippen molar-refractivity contribution in [1.29, 1.82) is 0 Å². The molecule has 33 heavy (non-hydrogen) atoms. The molecule has 168 valence electrons. The molecule has 0 radical (unpaired) electrons. The van der Waals surface area contributed by atoms with Gasteiger partial charge in [0.2, 0.25) is 0 Å².